The van der Waals surface area contributed by atoms with Gasteiger partial charge in [-0.1, -0.05) is 5.10 Å². The summed E-state index contributed by atoms with van der Waals surface area (Å²) in [4.78, 5) is 10.4. The third kappa shape index (κ3) is 1.40. The molecule has 0 aliphatic carbocycles. The molecule has 5 heteroatoms. The third-order valence-electron chi connectivity index (χ3n) is 1.07. The van der Waals surface area contributed by atoms with Crippen molar-refractivity contribution in [1.82, 2.24) is 0 Å². The predicted molar refractivity (Wildman–Crippen MR) is 35.0 cm³/mol. The van der Waals surface area contributed by atoms with E-state index in [0.717, 1.165) is 0 Å². The fourth-order valence-electron chi connectivity index (χ4n) is 0.626. The summed E-state index contributed by atoms with van der Waals surface area (Å²) in [6.07, 6.45) is 3.01. The van der Waals surface area contributed by atoms with Crippen LogP contribution in [-0.2, 0) is 4.79 Å². The Balaban J connectivity index is 2.76. The summed E-state index contributed by atoms with van der Waals surface area (Å²) in [5.41, 5.74) is 4.89. The van der Waals surface area contributed by atoms with E-state index in [4.69, 9.17) is 5.73 Å². The molecule has 0 aromatic rings. The van der Waals surface area contributed by atoms with Gasteiger partial charge in [0.1, 0.15) is 6.54 Å². The first kappa shape index (κ1) is 6.91. The van der Waals surface area contributed by atoms with Crippen molar-refractivity contribution in [2.45, 2.75) is 0 Å². The average molecular weight is 141 g/mol. The van der Waals surface area contributed by atoms with E-state index in [1.54, 1.807) is 6.08 Å². The SMILES string of the molecule is NC(=O)C1=N[NH+]([O-])CC=C1. The Labute approximate surface area is 57.4 Å². The van der Waals surface area contributed by atoms with E-state index in [1.807, 2.05) is 0 Å². The molecular weight excluding hydrogens is 134 g/mol. The lowest BCUT2D eigenvalue weighted by atomic mass is 10.3. The molecule has 1 aliphatic heterocycles. The van der Waals surface area contributed by atoms with Gasteiger partial charge >= 0.3 is 0 Å². The molecule has 3 N–H and O–H groups in total. The molecule has 0 radical (unpaired) electrons. The van der Waals surface area contributed by atoms with Gasteiger partial charge in [0, 0.05) is 0 Å². The Hall–Kier alpha value is -1.20. The van der Waals surface area contributed by atoms with E-state index in [-0.39, 0.29) is 17.4 Å². The van der Waals surface area contributed by atoms with Gasteiger partial charge in [0.15, 0.2) is 5.71 Å². The zero-order chi connectivity index (χ0) is 7.56. The topological polar surface area (TPSA) is 83.0 Å². The van der Waals surface area contributed by atoms with E-state index >= 15 is 0 Å². The molecule has 1 amide bonds. The number of hydrogen-bond acceptors (Lipinski definition) is 3. The molecule has 0 bridgehead atoms. The van der Waals surface area contributed by atoms with Crippen LogP contribution in [0.25, 0.3) is 0 Å². The fraction of sp³-hybridized carbons (Fsp3) is 0.200. The third-order valence-corrected chi connectivity index (χ3v) is 1.07. The first-order chi connectivity index (χ1) is 4.70. The number of primary amides is 1. The zero-order valence-electron chi connectivity index (χ0n) is 5.20. The van der Waals surface area contributed by atoms with Gasteiger partial charge in [0.05, 0.1) is 0 Å². The van der Waals surface area contributed by atoms with Crippen LogP contribution in [0, 0.1) is 5.21 Å². The van der Waals surface area contributed by atoms with Crippen LogP contribution in [0.2, 0.25) is 0 Å². The summed E-state index contributed by atoms with van der Waals surface area (Å²) in [5, 5.41) is 13.6. The van der Waals surface area contributed by atoms with E-state index < -0.39 is 5.91 Å². The second-order valence-electron chi connectivity index (χ2n) is 1.86. The van der Waals surface area contributed by atoms with Gasteiger partial charge in [-0.15, -0.1) is 0 Å². The number of nitrogens with zero attached hydrogens (tertiary/aromatic N) is 1. The monoisotopic (exact) mass is 141 g/mol. The number of rotatable bonds is 1. The van der Waals surface area contributed by atoms with Crippen LogP contribution in [0.15, 0.2) is 17.3 Å². The van der Waals surface area contributed by atoms with Crippen molar-refractivity contribution < 1.29 is 9.97 Å². The van der Waals surface area contributed by atoms with Crippen LogP contribution in [0.3, 0.4) is 0 Å². The van der Waals surface area contributed by atoms with E-state index in [1.165, 1.54) is 6.08 Å². The van der Waals surface area contributed by atoms with Crippen LogP contribution >= 0.6 is 0 Å². The van der Waals surface area contributed by atoms with Gasteiger partial charge in [-0.3, -0.25) is 4.79 Å². The molecule has 0 spiro atoms. The first-order valence-electron chi connectivity index (χ1n) is 2.78. The molecule has 0 aromatic carbocycles. The standard InChI is InChI=1S/C5H7N3O2/c6-5(9)4-2-1-3-8(10)7-4/h1-2,8H,3H2,(H2,6,9). The second-order valence-corrected chi connectivity index (χ2v) is 1.86. The summed E-state index contributed by atoms with van der Waals surface area (Å²) in [7, 11) is 0. The number of amides is 1. The number of carbonyl (C=O) groups is 1. The van der Waals surface area contributed by atoms with Crippen molar-refractivity contribution in [3.05, 3.63) is 17.4 Å². The molecule has 10 heavy (non-hydrogen) atoms. The summed E-state index contributed by atoms with van der Waals surface area (Å²) >= 11 is 0. The highest BCUT2D eigenvalue weighted by Crippen LogP contribution is 1.81. The molecule has 0 fully saturated rings. The molecule has 1 aliphatic rings. The van der Waals surface area contributed by atoms with Gasteiger partial charge in [0.25, 0.3) is 5.91 Å². The largest absolute Gasteiger partial charge is 0.606 e. The molecule has 1 heterocycles. The molecule has 5 nitrogen and oxygen atoms in total. The minimum Gasteiger partial charge on any atom is -0.606 e. The first-order valence-corrected chi connectivity index (χ1v) is 2.78. The van der Waals surface area contributed by atoms with Crippen LogP contribution in [-0.4, -0.2) is 18.2 Å². The van der Waals surface area contributed by atoms with Crippen LogP contribution < -0.4 is 10.9 Å². The van der Waals surface area contributed by atoms with E-state index in [9.17, 15) is 10.0 Å². The van der Waals surface area contributed by atoms with Gasteiger partial charge in [0.2, 0.25) is 0 Å². The molecule has 1 atom stereocenters. The lowest BCUT2D eigenvalue weighted by Crippen LogP contribution is -3.02. The van der Waals surface area contributed by atoms with E-state index in [2.05, 4.69) is 5.10 Å². The molecule has 0 saturated carbocycles. The zero-order valence-corrected chi connectivity index (χ0v) is 5.20. The van der Waals surface area contributed by atoms with Gasteiger partial charge in [-0.2, -0.15) is 0 Å². The maximum atomic E-state index is 10.5. The molecule has 54 valence electrons. The number of hydrogen-bond donors (Lipinski definition) is 2. The smallest absolute Gasteiger partial charge is 0.272 e. The number of nitrogens with two attached hydrogens (primary N) is 1. The molecule has 0 aromatic heterocycles. The average Bonchev–Trinajstić information content (AvgIpc) is 1.88. The Bertz CT molecular complexity index is 209. The highest BCUT2D eigenvalue weighted by atomic mass is 16.5. The highest BCUT2D eigenvalue weighted by molar-refractivity contribution is 6.42. The molecule has 1 unspecified atom stereocenters. The molecular formula is C5H7N3O2. The predicted octanol–water partition coefficient (Wildman–Crippen LogP) is -2.22. The summed E-state index contributed by atoms with van der Waals surface area (Å²) in [6.45, 7) is 0.261. The normalized spacial score (nSPS) is 24.1. The van der Waals surface area contributed by atoms with Gasteiger partial charge in [-0.25, -0.2) is 5.17 Å². The summed E-state index contributed by atoms with van der Waals surface area (Å²) in [6, 6.07) is 0. The fourth-order valence-corrected chi connectivity index (χ4v) is 0.626. The van der Waals surface area contributed by atoms with Crippen molar-refractivity contribution in [2.75, 3.05) is 6.54 Å². The van der Waals surface area contributed by atoms with Crippen molar-refractivity contribution in [3.63, 3.8) is 0 Å². The summed E-state index contributed by atoms with van der Waals surface area (Å²) < 4.78 is 0. The molecule has 0 saturated heterocycles. The number of carbonyl (C=O) groups excluding carboxylic acids is 1. The van der Waals surface area contributed by atoms with Crippen molar-refractivity contribution in [1.29, 1.82) is 0 Å². The number of quaternary nitrogens is 1. The number of nitrogens with one attached hydrogen (secondary N) is 1. The van der Waals surface area contributed by atoms with Crippen LogP contribution in [0.4, 0.5) is 0 Å². The molecule has 1 rings (SSSR count). The van der Waals surface area contributed by atoms with E-state index in [0.29, 0.717) is 0 Å². The van der Waals surface area contributed by atoms with Gasteiger partial charge < -0.3 is 10.9 Å². The second kappa shape index (κ2) is 2.59. The summed E-state index contributed by atoms with van der Waals surface area (Å²) in [5.74, 6) is -0.663. The Morgan fingerprint density at radius 1 is 1.90 bits per heavy atom. The van der Waals surface area contributed by atoms with Crippen molar-refractivity contribution in [3.8, 4) is 0 Å². The van der Waals surface area contributed by atoms with Crippen LogP contribution in [0.1, 0.15) is 0 Å². The highest BCUT2D eigenvalue weighted by Gasteiger charge is 2.09. The lowest BCUT2D eigenvalue weighted by Gasteiger charge is -2.15. The Morgan fingerprint density at radius 2 is 2.60 bits per heavy atom. The Kier molecular flexibility index (Phi) is 1.79. The quantitative estimate of drug-likeness (QED) is 0.405. The van der Waals surface area contributed by atoms with Crippen molar-refractivity contribution in [2.24, 2.45) is 10.8 Å². The lowest BCUT2D eigenvalue weighted by molar-refractivity contribution is -0.849. The van der Waals surface area contributed by atoms with Gasteiger partial charge in [-0.05, 0) is 12.2 Å². The maximum Gasteiger partial charge on any atom is 0.272 e. The maximum absolute atomic E-state index is 10.5. The van der Waals surface area contributed by atoms with Crippen molar-refractivity contribution >= 4 is 11.6 Å². The minimum atomic E-state index is -0.663. The van der Waals surface area contributed by atoms with Crippen LogP contribution in [0.5, 0.6) is 0 Å². The minimum absolute atomic E-state index is 0.0382. The Morgan fingerprint density at radius 3 is 3.00 bits per heavy atom. The number of hydroxylamine groups is 1.